The van der Waals surface area contributed by atoms with Gasteiger partial charge in [0.15, 0.2) is 0 Å². The highest BCUT2D eigenvalue weighted by Gasteiger charge is 2.07. The lowest BCUT2D eigenvalue weighted by molar-refractivity contribution is 0.463. The van der Waals surface area contributed by atoms with Gasteiger partial charge in [0.1, 0.15) is 5.75 Å². The van der Waals surface area contributed by atoms with E-state index in [1.165, 1.54) is 0 Å². The summed E-state index contributed by atoms with van der Waals surface area (Å²) in [5, 5.41) is 12.8. The number of phenols is 1. The van der Waals surface area contributed by atoms with Gasteiger partial charge < -0.3 is 10.4 Å². The predicted molar refractivity (Wildman–Crippen MR) is 58.2 cm³/mol. The molecule has 1 aromatic rings. The van der Waals surface area contributed by atoms with Crippen molar-refractivity contribution in [1.29, 1.82) is 0 Å². The van der Waals surface area contributed by atoms with Crippen LogP contribution in [0.4, 0.5) is 0 Å². The molecule has 0 saturated heterocycles. The number of likely N-dealkylation sites (N-methyl/N-ethyl adjacent to an activating group) is 1. The second kappa shape index (κ2) is 4.63. The van der Waals surface area contributed by atoms with Gasteiger partial charge in [0, 0.05) is 0 Å². The number of rotatable bonds is 3. The molecule has 0 aliphatic heterocycles. The van der Waals surface area contributed by atoms with Crippen LogP contribution in [0.25, 0.3) is 0 Å². The van der Waals surface area contributed by atoms with Crippen LogP contribution in [-0.2, 0) is 6.42 Å². The zero-order valence-electron chi connectivity index (χ0n) is 7.89. The molecule has 13 heavy (non-hydrogen) atoms. The number of benzene rings is 1. The molecule has 72 valence electrons. The largest absolute Gasteiger partial charge is 0.506 e. The van der Waals surface area contributed by atoms with Gasteiger partial charge >= 0.3 is 0 Å². The van der Waals surface area contributed by atoms with Gasteiger partial charge in [-0.1, -0.05) is 6.07 Å². The van der Waals surface area contributed by atoms with Crippen molar-refractivity contribution in [2.45, 2.75) is 13.3 Å². The van der Waals surface area contributed by atoms with Crippen LogP contribution in [0.3, 0.4) is 0 Å². The van der Waals surface area contributed by atoms with E-state index >= 15 is 0 Å². The van der Waals surface area contributed by atoms with E-state index in [1.54, 1.807) is 0 Å². The number of hydrogen-bond donors (Lipinski definition) is 2. The van der Waals surface area contributed by atoms with E-state index in [2.05, 4.69) is 21.2 Å². The van der Waals surface area contributed by atoms with Gasteiger partial charge in [-0.3, -0.25) is 0 Å². The summed E-state index contributed by atoms with van der Waals surface area (Å²) in [6.07, 6.45) is 0.855. The van der Waals surface area contributed by atoms with Crippen molar-refractivity contribution in [1.82, 2.24) is 5.32 Å². The molecule has 0 bridgehead atoms. The highest BCUT2D eigenvalue weighted by atomic mass is 79.9. The Morgan fingerprint density at radius 3 is 2.77 bits per heavy atom. The monoisotopic (exact) mass is 243 g/mol. The Kier molecular flexibility index (Phi) is 3.75. The maximum absolute atomic E-state index is 9.73. The average molecular weight is 244 g/mol. The van der Waals surface area contributed by atoms with Gasteiger partial charge in [0.25, 0.3) is 0 Å². The Bertz CT molecular complexity index is 299. The smallest absolute Gasteiger partial charge is 0.133 e. The number of halogens is 1. The molecule has 0 radical (unpaired) electrons. The summed E-state index contributed by atoms with van der Waals surface area (Å²) in [6, 6.07) is 3.88. The average Bonchev–Trinajstić information content (AvgIpc) is 2.12. The molecule has 0 aliphatic carbocycles. The predicted octanol–water partition coefficient (Wildman–Crippen LogP) is 2.23. The molecule has 0 aliphatic rings. The van der Waals surface area contributed by atoms with Gasteiger partial charge in [0.05, 0.1) is 4.47 Å². The summed E-state index contributed by atoms with van der Waals surface area (Å²) in [5.41, 5.74) is 2.15. The Labute approximate surface area is 87.1 Å². The van der Waals surface area contributed by atoms with Crippen LogP contribution in [0.5, 0.6) is 5.75 Å². The minimum atomic E-state index is 0.371. The fourth-order valence-corrected chi connectivity index (χ4v) is 1.65. The van der Waals surface area contributed by atoms with Crippen molar-refractivity contribution < 1.29 is 5.11 Å². The minimum absolute atomic E-state index is 0.371. The second-order valence-electron chi connectivity index (χ2n) is 3.04. The molecule has 1 aromatic carbocycles. The highest BCUT2D eigenvalue weighted by molar-refractivity contribution is 9.10. The SMILES string of the molecule is CNCCc1c(C)ccc(Br)c1O. The molecule has 1 rings (SSSR count). The van der Waals surface area contributed by atoms with Crippen LogP contribution >= 0.6 is 15.9 Å². The van der Waals surface area contributed by atoms with Gasteiger partial charge in [-0.2, -0.15) is 0 Å². The normalized spacial score (nSPS) is 10.4. The van der Waals surface area contributed by atoms with Crippen molar-refractivity contribution in [2.75, 3.05) is 13.6 Å². The maximum Gasteiger partial charge on any atom is 0.133 e. The summed E-state index contributed by atoms with van der Waals surface area (Å²) in [4.78, 5) is 0. The quantitative estimate of drug-likeness (QED) is 0.854. The molecule has 0 aromatic heterocycles. The van der Waals surface area contributed by atoms with Crippen LogP contribution in [0.1, 0.15) is 11.1 Å². The molecule has 0 spiro atoms. The lowest BCUT2D eigenvalue weighted by atomic mass is 10.0. The summed E-state index contributed by atoms with van der Waals surface area (Å²) in [6.45, 7) is 2.89. The van der Waals surface area contributed by atoms with Crippen LogP contribution in [-0.4, -0.2) is 18.7 Å². The number of aromatic hydroxyl groups is 1. The highest BCUT2D eigenvalue weighted by Crippen LogP contribution is 2.30. The van der Waals surface area contributed by atoms with Crippen LogP contribution in [0.15, 0.2) is 16.6 Å². The molecular weight excluding hydrogens is 230 g/mol. The van der Waals surface area contributed by atoms with E-state index in [0.29, 0.717) is 5.75 Å². The second-order valence-corrected chi connectivity index (χ2v) is 3.90. The summed E-state index contributed by atoms with van der Waals surface area (Å²) < 4.78 is 0.768. The molecular formula is C10H14BrNO. The molecule has 0 fully saturated rings. The van der Waals surface area contributed by atoms with Gasteiger partial charge in [-0.05, 0) is 60.1 Å². The number of phenolic OH excluding ortho intramolecular Hbond substituents is 1. The standard InChI is InChI=1S/C10H14BrNO/c1-7-3-4-9(11)10(13)8(7)5-6-12-2/h3-4,12-13H,5-6H2,1-2H3. The Hall–Kier alpha value is -0.540. The first kappa shape index (κ1) is 10.5. The summed E-state index contributed by atoms with van der Waals surface area (Å²) in [7, 11) is 1.91. The summed E-state index contributed by atoms with van der Waals surface area (Å²) in [5.74, 6) is 0.371. The van der Waals surface area contributed by atoms with Crippen LogP contribution in [0, 0.1) is 6.92 Å². The van der Waals surface area contributed by atoms with Gasteiger partial charge in [-0.15, -0.1) is 0 Å². The third kappa shape index (κ3) is 2.45. The van der Waals surface area contributed by atoms with Crippen molar-refractivity contribution >= 4 is 15.9 Å². The zero-order chi connectivity index (χ0) is 9.84. The maximum atomic E-state index is 9.73. The Morgan fingerprint density at radius 2 is 2.15 bits per heavy atom. The minimum Gasteiger partial charge on any atom is -0.506 e. The molecule has 0 unspecified atom stereocenters. The molecule has 2 nitrogen and oxygen atoms in total. The third-order valence-electron chi connectivity index (χ3n) is 2.09. The van der Waals surface area contributed by atoms with E-state index in [4.69, 9.17) is 0 Å². The third-order valence-corrected chi connectivity index (χ3v) is 2.73. The van der Waals surface area contributed by atoms with E-state index < -0.39 is 0 Å². The Balaban J connectivity index is 2.96. The van der Waals surface area contributed by atoms with Crippen molar-refractivity contribution in [3.63, 3.8) is 0 Å². The van der Waals surface area contributed by atoms with E-state index in [-0.39, 0.29) is 0 Å². The lowest BCUT2D eigenvalue weighted by Crippen LogP contribution is -2.11. The molecule has 0 heterocycles. The first-order valence-electron chi connectivity index (χ1n) is 4.28. The van der Waals surface area contributed by atoms with E-state index in [9.17, 15) is 5.11 Å². The molecule has 0 amide bonds. The van der Waals surface area contributed by atoms with Gasteiger partial charge in [-0.25, -0.2) is 0 Å². The Morgan fingerprint density at radius 1 is 1.46 bits per heavy atom. The number of hydrogen-bond acceptors (Lipinski definition) is 2. The van der Waals surface area contributed by atoms with Gasteiger partial charge in [0.2, 0.25) is 0 Å². The van der Waals surface area contributed by atoms with Crippen LogP contribution < -0.4 is 5.32 Å². The molecule has 0 saturated carbocycles. The molecule has 3 heteroatoms. The fraction of sp³-hybridized carbons (Fsp3) is 0.400. The van der Waals surface area contributed by atoms with Crippen molar-refractivity contribution in [3.05, 3.63) is 27.7 Å². The zero-order valence-corrected chi connectivity index (χ0v) is 9.48. The summed E-state index contributed by atoms with van der Waals surface area (Å²) >= 11 is 3.30. The van der Waals surface area contributed by atoms with Crippen molar-refractivity contribution in [3.8, 4) is 5.75 Å². The number of nitrogens with one attached hydrogen (secondary N) is 1. The lowest BCUT2D eigenvalue weighted by Gasteiger charge is -2.09. The first-order chi connectivity index (χ1) is 6.16. The number of aryl methyl sites for hydroxylation is 1. The van der Waals surface area contributed by atoms with Crippen molar-refractivity contribution in [2.24, 2.45) is 0 Å². The first-order valence-corrected chi connectivity index (χ1v) is 5.07. The van der Waals surface area contributed by atoms with Crippen LogP contribution in [0.2, 0.25) is 0 Å². The van der Waals surface area contributed by atoms with E-state index in [0.717, 1.165) is 28.6 Å². The fourth-order valence-electron chi connectivity index (χ4n) is 1.27. The molecule has 2 N–H and O–H groups in total. The molecule has 0 atom stereocenters. The van der Waals surface area contributed by atoms with E-state index in [1.807, 2.05) is 26.1 Å². The topological polar surface area (TPSA) is 32.3 Å².